The van der Waals surface area contributed by atoms with Crippen molar-refractivity contribution >= 4 is 29.5 Å². The van der Waals surface area contributed by atoms with Crippen LogP contribution in [0.3, 0.4) is 0 Å². The second kappa shape index (κ2) is 8.73. The van der Waals surface area contributed by atoms with E-state index in [0.29, 0.717) is 11.6 Å². The number of benzene rings is 1. The van der Waals surface area contributed by atoms with Crippen molar-refractivity contribution in [2.24, 2.45) is 0 Å². The first-order valence-corrected chi connectivity index (χ1v) is 6.35. The zero-order chi connectivity index (χ0) is 14.8. The van der Waals surface area contributed by atoms with E-state index in [4.69, 9.17) is 16.9 Å². The van der Waals surface area contributed by atoms with Gasteiger partial charge in [-0.25, -0.2) is 0 Å². The molecule has 1 aromatic rings. The Morgan fingerprint density at radius 3 is 2.75 bits per heavy atom. The van der Waals surface area contributed by atoms with Crippen LogP contribution in [0.15, 0.2) is 30.3 Å². The number of rotatable bonds is 6. The summed E-state index contributed by atoms with van der Waals surface area (Å²) in [5.41, 5.74) is 0.829. The van der Waals surface area contributed by atoms with Crippen LogP contribution < -0.4 is 10.6 Å². The van der Waals surface area contributed by atoms with Crippen molar-refractivity contribution in [3.63, 3.8) is 0 Å². The minimum atomic E-state index is -0.351. The second-order valence-electron chi connectivity index (χ2n) is 3.86. The Labute approximate surface area is 122 Å². The van der Waals surface area contributed by atoms with Crippen LogP contribution in [0.5, 0.6) is 0 Å². The minimum absolute atomic E-state index is 0.178. The Balaban J connectivity index is 2.27. The second-order valence-corrected chi connectivity index (χ2v) is 4.30. The number of nitrogens with zero attached hydrogens (tertiary/aromatic N) is 1. The van der Waals surface area contributed by atoms with Crippen molar-refractivity contribution in [1.82, 2.24) is 10.6 Å². The van der Waals surface area contributed by atoms with Crippen LogP contribution >= 0.6 is 11.6 Å². The summed E-state index contributed by atoms with van der Waals surface area (Å²) in [6, 6.07) is 8.86. The molecule has 0 spiro atoms. The molecule has 1 aromatic carbocycles. The van der Waals surface area contributed by atoms with Gasteiger partial charge < -0.3 is 10.6 Å². The monoisotopic (exact) mass is 291 g/mol. The maximum Gasteiger partial charge on any atom is 0.244 e. The molecule has 0 aliphatic rings. The summed E-state index contributed by atoms with van der Waals surface area (Å²) in [4.78, 5) is 22.4. The predicted molar refractivity (Wildman–Crippen MR) is 76.7 cm³/mol. The molecule has 2 amide bonds. The maximum atomic E-state index is 11.5. The number of nitriles is 1. The first-order chi connectivity index (χ1) is 9.61. The van der Waals surface area contributed by atoms with Gasteiger partial charge in [0, 0.05) is 24.2 Å². The number of hydrogen-bond acceptors (Lipinski definition) is 3. The Bertz CT molecular complexity index is 550. The van der Waals surface area contributed by atoms with Crippen molar-refractivity contribution in [2.45, 2.75) is 6.42 Å². The van der Waals surface area contributed by atoms with Gasteiger partial charge in [-0.15, -0.1) is 0 Å². The molecule has 0 aromatic heterocycles. The highest BCUT2D eigenvalue weighted by Gasteiger charge is 1.99. The van der Waals surface area contributed by atoms with E-state index < -0.39 is 0 Å². The van der Waals surface area contributed by atoms with Crippen molar-refractivity contribution in [3.05, 3.63) is 40.9 Å². The van der Waals surface area contributed by atoms with Crippen LogP contribution in [0.1, 0.15) is 12.0 Å². The zero-order valence-electron chi connectivity index (χ0n) is 10.7. The molecular formula is C14H14ClN3O2. The first-order valence-electron chi connectivity index (χ1n) is 5.97. The average molecular weight is 292 g/mol. The van der Waals surface area contributed by atoms with Gasteiger partial charge in [-0.2, -0.15) is 5.26 Å². The molecule has 0 aliphatic carbocycles. The average Bonchev–Trinajstić information content (AvgIpc) is 2.42. The van der Waals surface area contributed by atoms with Gasteiger partial charge in [0.05, 0.1) is 6.07 Å². The van der Waals surface area contributed by atoms with Crippen LogP contribution in [0.25, 0.3) is 6.08 Å². The first kappa shape index (κ1) is 15.7. The molecule has 5 nitrogen and oxygen atoms in total. The summed E-state index contributed by atoms with van der Waals surface area (Å²) >= 11 is 5.82. The molecule has 0 unspecified atom stereocenters. The SMILES string of the molecule is N#CCC(=O)NCCNC(=O)/C=C/c1cccc(Cl)c1. The van der Waals surface area contributed by atoms with E-state index in [2.05, 4.69) is 10.6 Å². The summed E-state index contributed by atoms with van der Waals surface area (Å²) in [6.45, 7) is 0.590. The number of hydrogen-bond donors (Lipinski definition) is 2. The third-order valence-electron chi connectivity index (χ3n) is 2.26. The van der Waals surface area contributed by atoms with Crippen LogP contribution in [-0.2, 0) is 9.59 Å². The fourth-order valence-corrected chi connectivity index (χ4v) is 1.56. The largest absolute Gasteiger partial charge is 0.353 e. The smallest absolute Gasteiger partial charge is 0.244 e. The molecule has 0 heterocycles. The van der Waals surface area contributed by atoms with Crippen LogP contribution in [0, 0.1) is 11.3 Å². The van der Waals surface area contributed by atoms with Crippen molar-refractivity contribution in [2.75, 3.05) is 13.1 Å². The highest BCUT2D eigenvalue weighted by atomic mass is 35.5. The van der Waals surface area contributed by atoms with Gasteiger partial charge in [0.2, 0.25) is 11.8 Å². The standard InChI is InChI=1S/C14H14ClN3O2/c15-12-3-1-2-11(10-12)4-5-13(19)17-8-9-18-14(20)6-7-16/h1-5,10H,6,8-9H2,(H,17,19)(H,18,20)/b5-4+. The Hall–Kier alpha value is -2.32. The molecule has 0 fully saturated rings. The van der Waals surface area contributed by atoms with Crippen LogP contribution in [-0.4, -0.2) is 24.9 Å². The van der Waals surface area contributed by atoms with E-state index in [-0.39, 0.29) is 24.8 Å². The van der Waals surface area contributed by atoms with Crippen molar-refractivity contribution < 1.29 is 9.59 Å². The summed E-state index contributed by atoms with van der Waals surface area (Å²) in [5, 5.41) is 14.0. The third-order valence-corrected chi connectivity index (χ3v) is 2.50. The Morgan fingerprint density at radius 2 is 2.05 bits per heavy atom. The van der Waals surface area contributed by atoms with Gasteiger partial charge in [0.15, 0.2) is 0 Å². The zero-order valence-corrected chi connectivity index (χ0v) is 11.5. The number of nitrogens with one attached hydrogen (secondary N) is 2. The summed E-state index contributed by atoms with van der Waals surface area (Å²) in [7, 11) is 0. The van der Waals surface area contributed by atoms with E-state index in [9.17, 15) is 9.59 Å². The normalized spacial score (nSPS) is 10.0. The number of carbonyl (C=O) groups excluding carboxylic acids is 2. The fourth-order valence-electron chi connectivity index (χ4n) is 1.36. The highest BCUT2D eigenvalue weighted by molar-refractivity contribution is 6.30. The Morgan fingerprint density at radius 1 is 1.30 bits per heavy atom. The molecule has 0 aliphatic heterocycles. The van der Waals surface area contributed by atoms with Crippen LogP contribution in [0.2, 0.25) is 5.02 Å². The lowest BCUT2D eigenvalue weighted by Gasteiger charge is -2.03. The van der Waals surface area contributed by atoms with Gasteiger partial charge in [-0.3, -0.25) is 9.59 Å². The third kappa shape index (κ3) is 6.57. The van der Waals surface area contributed by atoms with E-state index in [1.54, 1.807) is 30.3 Å². The molecule has 0 radical (unpaired) electrons. The van der Waals surface area contributed by atoms with E-state index in [1.165, 1.54) is 6.08 Å². The maximum absolute atomic E-state index is 11.5. The summed E-state index contributed by atoms with van der Waals surface area (Å²) in [6.07, 6.45) is 2.86. The van der Waals surface area contributed by atoms with Crippen molar-refractivity contribution in [3.8, 4) is 6.07 Å². The lowest BCUT2D eigenvalue weighted by molar-refractivity contribution is -0.120. The summed E-state index contributed by atoms with van der Waals surface area (Å²) in [5.74, 6) is -0.615. The molecule has 0 saturated carbocycles. The molecule has 6 heteroatoms. The molecule has 20 heavy (non-hydrogen) atoms. The van der Waals surface area contributed by atoms with E-state index >= 15 is 0 Å². The van der Waals surface area contributed by atoms with Gasteiger partial charge in [-0.1, -0.05) is 23.7 Å². The molecular weight excluding hydrogens is 278 g/mol. The van der Waals surface area contributed by atoms with Crippen LogP contribution in [0.4, 0.5) is 0 Å². The molecule has 0 bridgehead atoms. The lowest BCUT2D eigenvalue weighted by atomic mass is 10.2. The molecule has 0 atom stereocenters. The van der Waals surface area contributed by atoms with Gasteiger partial charge in [-0.05, 0) is 23.8 Å². The topological polar surface area (TPSA) is 82.0 Å². The number of halogens is 1. The van der Waals surface area contributed by atoms with E-state index in [0.717, 1.165) is 5.56 Å². The lowest BCUT2D eigenvalue weighted by Crippen LogP contribution is -2.33. The minimum Gasteiger partial charge on any atom is -0.353 e. The molecule has 0 saturated heterocycles. The van der Waals surface area contributed by atoms with E-state index in [1.807, 2.05) is 6.07 Å². The predicted octanol–water partition coefficient (Wildman–Crippen LogP) is 1.50. The van der Waals surface area contributed by atoms with Crippen molar-refractivity contribution in [1.29, 1.82) is 5.26 Å². The summed E-state index contributed by atoms with van der Waals surface area (Å²) < 4.78 is 0. The number of carbonyl (C=O) groups is 2. The van der Waals surface area contributed by atoms with Gasteiger partial charge >= 0.3 is 0 Å². The number of amides is 2. The quantitative estimate of drug-likeness (QED) is 0.615. The highest BCUT2D eigenvalue weighted by Crippen LogP contribution is 2.11. The van der Waals surface area contributed by atoms with Gasteiger partial charge in [0.1, 0.15) is 6.42 Å². The molecule has 2 N–H and O–H groups in total. The molecule has 1 rings (SSSR count). The fraction of sp³-hybridized carbons (Fsp3) is 0.214. The molecule has 104 valence electrons. The van der Waals surface area contributed by atoms with Gasteiger partial charge in [0.25, 0.3) is 0 Å². The Kier molecular flexibility index (Phi) is 6.87.